The first-order chi connectivity index (χ1) is 9.24. The number of rotatable bonds is 4. The maximum atomic E-state index is 5.14. The average molecular weight is 292 g/mol. The molecule has 3 rings (SSSR count). The van der Waals surface area contributed by atoms with Crippen LogP contribution in [0.15, 0.2) is 27.2 Å². The third-order valence-corrected chi connectivity index (χ3v) is 4.50. The fourth-order valence-electron chi connectivity index (χ4n) is 1.68. The Balaban J connectivity index is 1.71. The number of nitrogens with one attached hydrogen (secondary N) is 1. The Morgan fingerprint density at radius 1 is 1.42 bits per heavy atom. The van der Waals surface area contributed by atoms with Gasteiger partial charge in [0.2, 0.25) is 5.16 Å². The lowest BCUT2D eigenvalue weighted by atomic mass is 10.2. The van der Waals surface area contributed by atoms with Gasteiger partial charge in [-0.3, -0.25) is 5.10 Å². The maximum Gasteiger partial charge on any atom is 0.209 e. The van der Waals surface area contributed by atoms with E-state index in [2.05, 4.69) is 20.3 Å². The molecule has 0 saturated heterocycles. The molecule has 19 heavy (non-hydrogen) atoms. The van der Waals surface area contributed by atoms with Crippen molar-refractivity contribution in [3.05, 3.63) is 34.5 Å². The van der Waals surface area contributed by atoms with E-state index >= 15 is 0 Å². The number of H-pyrrole nitrogens is 1. The first kappa shape index (κ1) is 12.4. The Morgan fingerprint density at radius 3 is 3.00 bits per heavy atom. The predicted octanol–water partition coefficient (Wildman–Crippen LogP) is 3.43. The van der Waals surface area contributed by atoms with Gasteiger partial charge >= 0.3 is 0 Å². The van der Waals surface area contributed by atoms with Crippen molar-refractivity contribution < 1.29 is 4.52 Å². The number of aromatic amines is 1. The molecule has 0 aliphatic rings. The number of nitrogens with zero attached hydrogens (tertiary/aromatic N) is 3. The smallest absolute Gasteiger partial charge is 0.209 e. The molecule has 0 unspecified atom stereocenters. The normalized spacial score (nSPS) is 11.1. The molecule has 5 nitrogen and oxygen atoms in total. The highest BCUT2D eigenvalue weighted by molar-refractivity contribution is 7.98. The van der Waals surface area contributed by atoms with Crippen molar-refractivity contribution in [1.29, 1.82) is 0 Å². The zero-order valence-electron chi connectivity index (χ0n) is 10.5. The Kier molecular flexibility index (Phi) is 3.39. The molecule has 7 heteroatoms. The van der Waals surface area contributed by atoms with Crippen LogP contribution >= 0.6 is 23.1 Å². The van der Waals surface area contributed by atoms with Crippen molar-refractivity contribution in [3.8, 4) is 10.7 Å². The van der Waals surface area contributed by atoms with Gasteiger partial charge in [-0.15, -0.1) is 16.4 Å². The summed E-state index contributed by atoms with van der Waals surface area (Å²) in [6.07, 6.45) is 0. The molecule has 98 valence electrons. The van der Waals surface area contributed by atoms with Crippen molar-refractivity contribution in [3.63, 3.8) is 0 Å². The van der Waals surface area contributed by atoms with Gasteiger partial charge in [0, 0.05) is 11.3 Å². The van der Waals surface area contributed by atoms with E-state index in [9.17, 15) is 0 Å². The number of hydrogen-bond donors (Lipinski definition) is 1. The van der Waals surface area contributed by atoms with E-state index in [0.29, 0.717) is 0 Å². The van der Waals surface area contributed by atoms with Crippen molar-refractivity contribution in [2.75, 3.05) is 0 Å². The molecule has 0 spiro atoms. The quantitative estimate of drug-likeness (QED) is 0.746. The van der Waals surface area contributed by atoms with Gasteiger partial charge in [-0.1, -0.05) is 23.0 Å². The summed E-state index contributed by atoms with van der Waals surface area (Å²) in [6, 6.07) is 4.02. The molecule has 0 fully saturated rings. The third-order valence-electron chi connectivity index (χ3n) is 2.75. The molecule has 0 saturated carbocycles. The van der Waals surface area contributed by atoms with Gasteiger partial charge in [0.1, 0.15) is 5.76 Å². The number of aromatic nitrogens is 4. The van der Waals surface area contributed by atoms with E-state index in [4.69, 9.17) is 4.52 Å². The van der Waals surface area contributed by atoms with Gasteiger partial charge in [-0.2, -0.15) is 0 Å². The monoisotopic (exact) mass is 292 g/mol. The van der Waals surface area contributed by atoms with Crippen LogP contribution in [-0.4, -0.2) is 20.3 Å². The van der Waals surface area contributed by atoms with E-state index in [1.54, 1.807) is 23.1 Å². The molecule has 3 aromatic rings. The molecule has 0 atom stereocenters. The minimum atomic E-state index is 0.739. The highest BCUT2D eigenvalue weighted by Gasteiger charge is 2.12. The number of thiophene rings is 1. The fourth-order valence-corrected chi connectivity index (χ4v) is 3.29. The topological polar surface area (TPSA) is 67.6 Å². The van der Waals surface area contributed by atoms with E-state index in [1.165, 1.54) is 0 Å². The van der Waals surface area contributed by atoms with Gasteiger partial charge in [-0.25, -0.2) is 4.98 Å². The third kappa shape index (κ3) is 2.57. The molecule has 0 aliphatic carbocycles. The molecule has 0 bridgehead atoms. The SMILES string of the molecule is Cc1noc(C)c1CSc1n[nH]c(-c2cccs2)n1. The minimum Gasteiger partial charge on any atom is -0.361 e. The van der Waals surface area contributed by atoms with Gasteiger partial charge in [0.05, 0.1) is 10.6 Å². The number of thioether (sulfide) groups is 1. The van der Waals surface area contributed by atoms with Crippen molar-refractivity contribution in [2.24, 2.45) is 0 Å². The number of aryl methyl sites for hydroxylation is 2. The van der Waals surface area contributed by atoms with Crippen LogP contribution in [0.1, 0.15) is 17.0 Å². The van der Waals surface area contributed by atoms with Crippen LogP contribution in [0, 0.1) is 13.8 Å². The highest BCUT2D eigenvalue weighted by atomic mass is 32.2. The Morgan fingerprint density at radius 2 is 2.32 bits per heavy atom. The van der Waals surface area contributed by atoms with E-state index in [1.807, 2.05) is 31.4 Å². The van der Waals surface area contributed by atoms with Crippen LogP contribution in [0.4, 0.5) is 0 Å². The average Bonchev–Trinajstić information content (AvgIpc) is 3.10. The maximum absolute atomic E-state index is 5.14. The summed E-state index contributed by atoms with van der Waals surface area (Å²) < 4.78 is 5.14. The Bertz CT molecular complexity index is 652. The first-order valence-electron chi connectivity index (χ1n) is 5.75. The van der Waals surface area contributed by atoms with Gasteiger partial charge in [0.15, 0.2) is 5.82 Å². The van der Waals surface area contributed by atoms with Crippen LogP contribution in [0.3, 0.4) is 0 Å². The second-order valence-electron chi connectivity index (χ2n) is 4.04. The first-order valence-corrected chi connectivity index (χ1v) is 7.61. The second-order valence-corrected chi connectivity index (χ2v) is 5.93. The predicted molar refractivity (Wildman–Crippen MR) is 75.2 cm³/mol. The molecular weight excluding hydrogens is 280 g/mol. The molecule has 0 aromatic carbocycles. The van der Waals surface area contributed by atoms with Crippen LogP contribution in [0.25, 0.3) is 10.7 Å². The zero-order chi connectivity index (χ0) is 13.2. The van der Waals surface area contributed by atoms with Crippen LogP contribution in [0.5, 0.6) is 0 Å². The second kappa shape index (κ2) is 5.18. The summed E-state index contributed by atoms with van der Waals surface area (Å²) in [5.41, 5.74) is 2.05. The van der Waals surface area contributed by atoms with Crippen LogP contribution in [-0.2, 0) is 5.75 Å². The summed E-state index contributed by atoms with van der Waals surface area (Å²) in [6.45, 7) is 3.87. The fraction of sp³-hybridized carbons (Fsp3) is 0.250. The number of hydrogen-bond acceptors (Lipinski definition) is 6. The van der Waals surface area contributed by atoms with Crippen molar-refractivity contribution in [1.82, 2.24) is 20.3 Å². The van der Waals surface area contributed by atoms with E-state index in [-0.39, 0.29) is 0 Å². The summed E-state index contributed by atoms with van der Waals surface area (Å²) in [4.78, 5) is 5.56. The van der Waals surface area contributed by atoms with E-state index < -0.39 is 0 Å². The minimum absolute atomic E-state index is 0.739. The van der Waals surface area contributed by atoms with Gasteiger partial charge < -0.3 is 4.52 Å². The zero-order valence-corrected chi connectivity index (χ0v) is 12.1. The van der Waals surface area contributed by atoms with Crippen LogP contribution in [0.2, 0.25) is 0 Å². The Hall–Kier alpha value is -1.60. The highest BCUT2D eigenvalue weighted by Crippen LogP contribution is 2.26. The molecule has 0 aliphatic heterocycles. The lowest BCUT2D eigenvalue weighted by Gasteiger charge is -1.95. The molecule has 0 amide bonds. The Labute approximate surface area is 118 Å². The van der Waals surface area contributed by atoms with Crippen LogP contribution < -0.4 is 0 Å². The summed E-state index contributed by atoms with van der Waals surface area (Å²) in [5.74, 6) is 2.44. The summed E-state index contributed by atoms with van der Waals surface area (Å²) in [7, 11) is 0. The molecule has 3 aromatic heterocycles. The standard InChI is InChI=1S/C12H12N4OS2/c1-7-9(8(2)17-16-7)6-19-12-13-11(14-15-12)10-4-3-5-18-10/h3-5H,6H2,1-2H3,(H,13,14,15). The largest absolute Gasteiger partial charge is 0.361 e. The molecule has 0 radical (unpaired) electrons. The summed E-state index contributed by atoms with van der Waals surface area (Å²) in [5, 5.41) is 13.9. The van der Waals surface area contributed by atoms with Gasteiger partial charge in [-0.05, 0) is 25.3 Å². The lowest BCUT2D eigenvalue weighted by molar-refractivity contribution is 0.392. The summed E-state index contributed by atoms with van der Waals surface area (Å²) >= 11 is 3.22. The van der Waals surface area contributed by atoms with Gasteiger partial charge in [0.25, 0.3) is 0 Å². The van der Waals surface area contributed by atoms with Crippen molar-refractivity contribution in [2.45, 2.75) is 24.8 Å². The molecule has 1 N–H and O–H groups in total. The molecular formula is C12H12N4OS2. The van der Waals surface area contributed by atoms with E-state index in [0.717, 1.165) is 38.6 Å². The lowest BCUT2D eigenvalue weighted by Crippen LogP contribution is -1.85. The van der Waals surface area contributed by atoms with Crippen molar-refractivity contribution >= 4 is 23.1 Å². The molecule has 3 heterocycles.